The van der Waals surface area contributed by atoms with Crippen molar-refractivity contribution in [3.05, 3.63) is 0 Å². The van der Waals surface area contributed by atoms with E-state index in [2.05, 4.69) is 0 Å². The van der Waals surface area contributed by atoms with Crippen molar-refractivity contribution in [2.24, 2.45) is 0 Å². The van der Waals surface area contributed by atoms with Crippen LogP contribution in [0.1, 0.15) is 45.4 Å². The number of hydrogen-bond donors (Lipinski definition) is 1. The number of aliphatic hydroxyl groups is 1. The van der Waals surface area contributed by atoms with E-state index in [1.54, 1.807) is 11.8 Å². The van der Waals surface area contributed by atoms with Gasteiger partial charge in [0, 0.05) is 19.0 Å². The van der Waals surface area contributed by atoms with E-state index in [1.807, 2.05) is 0 Å². The number of carbonyl (C=O) groups excluding carboxylic acids is 2. The topological polar surface area (TPSA) is 66.8 Å². The van der Waals surface area contributed by atoms with Gasteiger partial charge in [-0.1, -0.05) is 12.8 Å². The number of amides is 1. The Morgan fingerprint density at radius 1 is 1.28 bits per heavy atom. The second kappa shape index (κ2) is 8.08. The average molecular weight is 257 g/mol. The van der Waals surface area contributed by atoms with Crippen molar-refractivity contribution in [1.29, 1.82) is 0 Å². The molecule has 18 heavy (non-hydrogen) atoms. The molecule has 104 valence electrons. The molecule has 1 rings (SSSR count). The highest BCUT2D eigenvalue weighted by atomic mass is 16.5. The van der Waals surface area contributed by atoms with Crippen LogP contribution in [0.2, 0.25) is 0 Å². The molecule has 0 heterocycles. The predicted molar refractivity (Wildman–Crippen MR) is 66.9 cm³/mol. The molecule has 0 atom stereocenters. The number of hydrogen-bond acceptors (Lipinski definition) is 4. The van der Waals surface area contributed by atoms with Crippen LogP contribution in [-0.4, -0.2) is 47.7 Å². The van der Waals surface area contributed by atoms with Gasteiger partial charge in [-0.05, 0) is 19.8 Å². The van der Waals surface area contributed by atoms with E-state index >= 15 is 0 Å². The predicted octanol–water partition coefficient (Wildman–Crippen LogP) is 1.09. The molecule has 0 radical (unpaired) electrons. The van der Waals surface area contributed by atoms with Gasteiger partial charge in [0.2, 0.25) is 5.91 Å². The molecule has 1 saturated carbocycles. The maximum atomic E-state index is 12.0. The quantitative estimate of drug-likeness (QED) is 0.693. The lowest BCUT2D eigenvalue weighted by molar-refractivity contribution is -0.146. The van der Waals surface area contributed by atoms with Crippen LogP contribution < -0.4 is 0 Å². The van der Waals surface area contributed by atoms with E-state index in [4.69, 9.17) is 9.84 Å². The molecule has 0 spiro atoms. The molecule has 0 aromatic carbocycles. The molecule has 5 heteroatoms. The Morgan fingerprint density at radius 3 is 2.50 bits per heavy atom. The lowest BCUT2D eigenvalue weighted by atomic mass is 10.2. The van der Waals surface area contributed by atoms with Crippen molar-refractivity contribution >= 4 is 11.9 Å². The Hall–Kier alpha value is -1.10. The Bertz CT molecular complexity index is 274. The largest absolute Gasteiger partial charge is 0.466 e. The molecule has 0 aromatic heterocycles. The van der Waals surface area contributed by atoms with Crippen molar-refractivity contribution in [2.75, 3.05) is 19.8 Å². The van der Waals surface area contributed by atoms with Crippen LogP contribution in [0.15, 0.2) is 0 Å². The molecular formula is C13H23NO4. The standard InChI is InChI=1S/C13H23NO4/c1-2-18-13(17)8-7-12(16)14(9-10-15)11-5-3-4-6-11/h11,15H,2-10H2,1H3. The summed E-state index contributed by atoms with van der Waals surface area (Å²) in [5.41, 5.74) is 0. The van der Waals surface area contributed by atoms with E-state index in [9.17, 15) is 9.59 Å². The summed E-state index contributed by atoms with van der Waals surface area (Å²) in [4.78, 5) is 25.0. The van der Waals surface area contributed by atoms with Gasteiger partial charge in [-0.15, -0.1) is 0 Å². The molecule has 0 aliphatic heterocycles. The smallest absolute Gasteiger partial charge is 0.306 e. The molecule has 0 saturated heterocycles. The first kappa shape index (κ1) is 15.0. The monoisotopic (exact) mass is 257 g/mol. The molecule has 1 aliphatic carbocycles. The fraction of sp³-hybridized carbons (Fsp3) is 0.846. The minimum absolute atomic E-state index is 0.0261. The molecule has 1 aliphatic rings. The second-order valence-corrected chi connectivity index (χ2v) is 4.55. The molecule has 5 nitrogen and oxygen atoms in total. The van der Waals surface area contributed by atoms with E-state index in [0.717, 1.165) is 25.7 Å². The van der Waals surface area contributed by atoms with Gasteiger partial charge >= 0.3 is 5.97 Å². The normalized spacial score (nSPS) is 15.7. The first-order valence-electron chi connectivity index (χ1n) is 6.75. The lowest BCUT2D eigenvalue weighted by Gasteiger charge is -2.28. The summed E-state index contributed by atoms with van der Waals surface area (Å²) in [6.07, 6.45) is 4.59. The van der Waals surface area contributed by atoms with Gasteiger partial charge in [0.1, 0.15) is 0 Å². The summed E-state index contributed by atoms with van der Waals surface area (Å²) < 4.78 is 4.80. The summed E-state index contributed by atoms with van der Waals surface area (Å²) in [5.74, 6) is -0.384. The van der Waals surface area contributed by atoms with Gasteiger partial charge in [0.15, 0.2) is 0 Å². The number of esters is 1. The summed E-state index contributed by atoms with van der Waals surface area (Å²) in [5, 5.41) is 9.02. The Morgan fingerprint density at radius 2 is 1.94 bits per heavy atom. The van der Waals surface area contributed by atoms with Gasteiger partial charge in [0.05, 0.1) is 19.6 Å². The molecule has 0 bridgehead atoms. The first-order valence-corrected chi connectivity index (χ1v) is 6.75. The Labute approximate surface area is 108 Å². The van der Waals surface area contributed by atoms with Crippen LogP contribution in [-0.2, 0) is 14.3 Å². The third-order valence-corrected chi connectivity index (χ3v) is 3.28. The first-order chi connectivity index (χ1) is 8.69. The average Bonchev–Trinajstić information content (AvgIpc) is 2.87. The van der Waals surface area contributed by atoms with Crippen LogP contribution >= 0.6 is 0 Å². The van der Waals surface area contributed by atoms with Crippen LogP contribution in [0.5, 0.6) is 0 Å². The maximum absolute atomic E-state index is 12.0. The molecule has 0 aromatic rings. The minimum atomic E-state index is -0.332. The fourth-order valence-corrected chi connectivity index (χ4v) is 2.42. The highest BCUT2D eigenvalue weighted by Crippen LogP contribution is 2.24. The lowest BCUT2D eigenvalue weighted by Crippen LogP contribution is -2.40. The fourth-order valence-electron chi connectivity index (χ4n) is 2.42. The summed E-state index contributed by atoms with van der Waals surface area (Å²) in [7, 11) is 0. The molecule has 1 fully saturated rings. The zero-order valence-electron chi connectivity index (χ0n) is 11.1. The van der Waals surface area contributed by atoms with E-state index in [1.165, 1.54) is 0 Å². The second-order valence-electron chi connectivity index (χ2n) is 4.55. The zero-order valence-corrected chi connectivity index (χ0v) is 11.1. The van der Waals surface area contributed by atoms with E-state index in [0.29, 0.717) is 13.2 Å². The van der Waals surface area contributed by atoms with Crippen molar-refractivity contribution in [3.63, 3.8) is 0 Å². The Balaban J connectivity index is 2.41. The summed E-state index contributed by atoms with van der Waals surface area (Å²) >= 11 is 0. The van der Waals surface area contributed by atoms with Crippen LogP contribution in [0.4, 0.5) is 0 Å². The highest BCUT2D eigenvalue weighted by Gasteiger charge is 2.26. The third-order valence-electron chi connectivity index (χ3n) is 3.28. The van der Waals surface area contributed by atoms with Crippen LogP contribution in [0, 0.1) is 0 Å². The number of aliphatic hydroxyl groups excluding tert-OH is 1. The highest BCUT2D eigenvalue weighted by molar-refractivity contribution is 5.81. The van der Waals surface area contributed by atoms with E-state index < -0.39 is 0 Å². The molecule has 0 unspecified atom stereocenters. The van der Waals surface area contributed by atoms with Gasteiger partial charge < -0.3 is 14.7 Å². The molecule has 1 amide bonds. The van der Waals surface area contributed by atoms with Crippen molar-refractivity contribution < 1.29 is 19.4 Å². The number of nitrogens with zero attached hydrogens (tertiary/aromatic N) is 1. The summed E-state index contributed by atoms with van der Waals surface area (Å²) in [6, 6.07) is 0.242. The summed E-state index contributed by atoms with van der Waals surface area (Å²) in [6.45, 7) is 2.43. The van der Waals surface area contributed by atoms with Gasteiger partial charge in [0.25, 0.3) is 0 Å². The minimum Gasteiger partial charge on any atom is -0.466 e. The maximum Gasteiger partial charge on any atom is 0.306 e. The third kappa shape index (κ3) is 4.64. The van der Waals surface area contributed by atoms with E-state index in [-0.39, 0.29) is 37.4 Å². The molecule has 1 N–H and O–H groups in total. The van der Waals surface area contributed by atoms with Crippen molar-refractivity contribution in [2.45, 2.75) is 51.5 Å². The van der Waals surface area contributed by atoms with Gasteiger partial charge in [-0.25, -0.2) is 0 Å². The van der Waals surface area contributed by atoms with Crippen LogP contribution in [0.25, 0.3) is 0 Å². The van der Waals surface area contributed by atoms with Gasteiger partial charge in [-0.2, -0.15) is 0 Å². The SMILES string of the molecule is CCOC(=O)CCC(=O)N(CCO)C1CCCC1. The van der Waals surface area contributed by atoms with Crippen LogP contribution in [0.3, 0.4) is 0 Å². The number of carbonyl (C=O) groups is 2. The van der Waals surface area contributed by atoms with Gasteiger partial charge in [-0.3, -0.25) is 9.59 Å². The Kier molecular flexibility index (Phi) is 6.72. The zero-order chi connectivity index (χ0) is 13.4. The molecular weight excluding hydrogens is 234 g/mol. The number of rotatable bonds is 7. The van der Waals surface area contributed by atoms with Crippen molar-refractivity contribution in [1.82, 2.24) is 4.90 Å². The van der Waals surface area contributed by atoms with Crippen molar-refractivity contribution in [3.8, 4) is 0 Å². The number of ether oxygens (including phenoxy) is 1.